The molecule has 1 aliphatic rings. The van der Waals surface area contributed by atoms with Gasteiger partial charge >= 0.3 is 0 Å². The summed E-state index contributed by atoms with van der Waals surface area (Å²) in [5.74, 6) is 0.568. The Hall–Kier alpha value is -1.20. The van der Waals surface area contributed by atoms with Crippen LogP contribution < -0.4 is 10.1 Å². The van der Waals surface area contributed by atoms with Gasteiger partial charge in [-0.1, -0.05) is 13.8 Å². The van der Waals surface area contributed by atoms with Crippen LogP contribution >= 0.6 is 0 Å². The van der Waals surface area contributed by atoms with E-state index in [9.17, 15) is 0 Å². The lowest BCUT2D eigenvalue weighted by molar-refractivity contribution is 0.0659. The van der Waals surface area contributed by atoms with Crippen molar-refractivity contribution in [3.8, 4) is 5.88 Å². The van der Waals surface area contributed by atoms with Crippen LogP contribution in [-0.4, -0.2) is 35.6 Å². The van der Waals surface area contributed by atoms with Gasteiger partial charge in [0.15, 0.2) is 0 Å². The third-order valence-electron chi connectivity index (χ3n) is 2.83. The van der Waals surface area contributed by atoms with Crippen LogP contribution in [-0.2, 0) is 11.3 Å². The largest absolute Gasteiger partial charge is 0.474 e. The van der Waals surface area contributed by atoms with Crippen molar-refractivity contribution in [1.29, 1.82) is 0 Å². The van der Waals surface area contributed by atoms with E-state index >= 15 is 0 Å². The number of aromatic nitrogens is 2. The molecule has 0 aliphatic carbocycles. The summed E-state index contributed by atoms with van der Waals surface area (Å²) in [7, 11) is 0. The Morgan fingerprint density at radius 3 is 2.94 bits per heavy atom. The zero-order valence-corrected chi connectivity index (χ0v) is 11.1. The Labute approximate surface area is 108 Å². The van der Waals surface area contributed by atoms with Crippen LogP contribution in [0.5, 0.6) is 5.88 Å². The number of hydrogen-bond acceptors (Lipinski definition) is 5. The normalized spacial score (nSPS) is 19.4. The summed E-state index contributed by atoms with van der Waals surface area (Å²) in [4.78, 5) is 0. The van der Waals surface area contributed by atoms with E-state index in [0.717, 1.165) is 31.7 Å². The second-order valence-electron chi connectivity index (χ2n) is 4.84. The van der Waals surface area contributed by atoms with Gasteiger partial charge in [0, 0.05) is 25.3 Å². The lowest BCUT2D eigenvalue weighted by Gasteiger charge is -2.10. The molecule has 0 spiro atoms. The number of ether oxygens (including phenoxy) is 2. The predicted octanol–water partition coefficient (Wildman–Crippen LogP) is 1.53. The molecule has 0 saturated carbocycles. The SMILES string of the molecule is CC(C)NCc1ccc(OCC2CCCO2)nn1. The summed E-state index contributed by atoms with van der Waals surface area (Å²) in [5, 5.41) is 11.5. The average molecular weight is 251 g/mol. The number of hydrogen-bond donors (Lipinski definition) is 1. The third kappa shape index (κ3) is 4.23. The maximum Gasteiger partial charge on any atom is 0.233 e. The molecule has 1 atom stereocenters. The molecule has 0 radical (unpaired) electrons. The summed E-state index contributed by atoms with van der Waals surface area (Å²) in [6, 6.07) is 4.24. The van der Waals surface area contributed by atoms with Crippen molar-refractivity contribution in [3.63, 3.8) is 0 Å². The molecular formula is C13H21N3O2. The van der Waals surface area contributed by atoms with Crippen molar-refractivity contribution in [3.05, 3.63) is 17.8 Å². The van der Waals surface area contributed by atoms with Gasteiger partial charge in [0.25, 0.3) is 0 Å². The van der Waals surface area contributed by atoms with Crippen molar-refractivity contribution in [2.45, 2.75) is 45.4 Å². The molecule has 1 N–H and O–H groups in total. The number of rotatable bonds is 6. The molecule has 1 aromatic rings. The molecule has 5 heteroatoms. The van der Waals surface area contributed by atoms with Crippen LogP contribution in [0, 0.1) is 0 Å². The molecule has 1 fully saturated rings. The Kier molecular flexibility index (Phi) is 4.90. The highest BCUT2D eigenvalue weighted by atomic mass is 16.5. The minimum Gasteiger partial charge on any atom is -0.474 e. The smallest absolute Gasteiger partial charge is 0.233 e. The predicted molar refractivity (Wildman–Crippen MR) is 68.5 cm³/mol. The summed E-state index contributed by atoms with van der Waals surface area (Å²) in [5.41, 5.74) is 0.924. The first-order valence-corrected chi connectivity index (χ1v) is 6.54. The van der Waals surface area contributed by atoms with Crippen molar-refractivity contribution in [1.82, 2.24) is 15.5 Å². The van der Waals surface area contributed by atoms with Crippen molar-refractivity contribution < 1.29 is 9.47 Å². The zero-order chi connectivity index (χ0) is 12.8. The molecule has 0 bridgehead atoms. The maximum absolute atomic E-state index is 5.55. The van der Waals surface area contributed by atoms with E-state index in [-0.39, 0.29) is 6.10 Å². The zero-order valence-electron chi connectivity index (χ0n) is 11.1. The maximum atomic E-state index is 5.55. The molecule has 100 valence electrons. The number of nitrogens with zero attached hydrogens (tertiary/aromatic N) is 2. The minimum atomic E-state index is 0.217. The van der Waals surface area contributed by atoms with Gasteiger partial charge in [0.2, 0.25) is 5.88 Å². The molecule has 2 rings (SSSR count). The van der Waals surface area contributed by atoms with Crippen molar-refractivity contribution in [2.24, 2.45) is 0 Å². The third-order valence-corrected chi connectivity index (χ3v) is 2.83. The lowest BCUT2D eigenvalue weighted by Crippen LogP contribution is -2.22. The fourth-order valence-electron chi connectivity index (χ4n) is 1.78. The first-order chi connectivity index (χ1) is 8.74. The van der Waals surface area contributed by atoms with Crippen molar-refractivity contribution >= 4 is 0 Å². The van der Waals surface area contributed by atoms with Crippen LogP contribution in [0.25, 0.3) is 0 Å². The first kappa shape index (κ1) is 13.2. The molecule has 1 unspecified atom stereocenters. The molecule has 18 heavy (non-hydrogen) atoms. The first-order valence-electron chi connectivity index (χ1n) is 6.54. The summed E-state index contributed by atoms with van der Waals surface area (Å²) >= 11 is 0. The topological polar surface area (TPSA) is 56.3 Å². The molecule has 2 heterocycles. The van der Waals surface area contributed by atoms with Crippen LogP contribution in [0.4, 0.5) is 0 Å². The van der Waals surface area contributed by atoms with Gasteiger partial charge in [-0.05, 0) is 18.9 Å². The van der Waals surface area contributed by atoms with Crippen LogP contribution in [0.15, 0.2) is 12.1 Å². The Morgan fingerprint density at radius 2 is 2.33 bits per heavy atom. The van der Waals surface area contributed by atoms with E-state index < -0.39 is 0 Å². The van der Waals surface area contributed by atoms with E-state index in [1.165, 1.54) is 0 Å². The van der Waals surface area contributed by atoms with Gasteiger partial charge < -0.3 is 14.8 Å². The molecule has 1 saturated heterocycles. The lowest BCUT2D eigenvalue weighted by atomic mass is 10.2. The summed E-state index contributed by atoms with van der Waals surface area (Å²) in [6.07, 6.45) is 2.41. The fraction of sp³-hybridized carbons (Fsp3) is 0.692. The highest BCUT2D eigenvalue weighted by molar-refractivity contribution is 5.11. The summed E-state index contributed by atoms with van der Waals surface area (Å²) < 4.78 is 11.0. The van der Waals surface area contributed by atoms with Crippen LogP contribution in [0.1, 0.15) is 32.4 Å². The van der Waals surface area contributed by atoms with Gasteiger partial charge in [-0.2, -0.15) is 5.10 Å². The Balaban J connectivity index is 1.76. The molecule has 5 nitrogen and oxygen atoms in total. The van der Waals surface area contributed by atoms with Crippen LogP contribution in [0.2, 0.25) is 0 Å². The second-order valence-corrected chi connectivity index (χ2v) is 4.84. The van der Waals surface area contributed by atoms with Crippen LogP contribution in [0.3, 0.4) is 0 Å². The molecule has 0 aromatic carbocycles. The van der Waals surface area contributed by atoms with E-state index in [4.69, 9.17) is 9.47 Å². The van der Waals surface area contributed by atoms with E-state index in [1.54, 1.807) is 0 Å². The molecule has 0 amide bonds. The van der Waals surface area contributed by atoms with Gasteiger partial charge in [-0.15, -0.1) is 5.10 Å². The monoisotopic (exact) mass is 251 g/mol. The number of nitrogens with one attached hydrogen (secondary N) is 1. The second kappa shape index (κ2) is 6.66. The van der Waals surface area contributed by atoms with E-state index in [0.29, 0.717) is 18.5 Å². The molecule has 1 aliphatic heterocycles. The van der Waals surface area contributed by atoms with E-state index in [2.05, 4.69) is 29.4 Å². The van der Waals surface area contributed by atoms with Gasteiger partial charge in [0.1, 0.15) is 6.61 Å². The highest BCUT2D eigenvalue weighted by Crippen LogP contribution is 2.13. The molecular weight excluding hydrogens is 230 g/mol. The molecule has 1 aromatic heterocycles. The standard InChI is InChI=1S/C13H21N3O2/c1-10(2)14-8-11-5-6-13(16-15-11)18-9-12-4-3-7-17-12/h5-6,10,12,14H,3-4,7-9H2,1-2H3. The van der Waals surface area contributed by atoms with Gasteiger partial charge in [-0.3, -0.25) is 0 Å². The highest BCUT2D eigenvalue weighted by Gasteiger charge is 2.16. The van der Waals surface area contributed by atoms with Gasteiger partial charge in [0.05, 0.1) is 11.8 Å². The van der Waals surface area contributed by atoms with Crippen molar-refractivity contribution in [2.75, 3.05) is 13.2 Å². The van der Waals surface area contributed by atoms with E-state index in [1.807, 2.05) is 12.1 Å². The Bertz CT molecular complexity index is 348. The van der Waals surface area contributed by atoms with Gasteiger partial charge in [-0.25, -0.2) is 0 Å². The summed E-state index contributed by atoms with van der Waals surface area (Å²) in [6.45, 7) is 6.35. The quantitative estimate of drug-likeness (QED) is 0.831. The average Bonchev–Trinajstić information content (AvgIpc) is 2.88. The fourth-order valence-corrected chi connectivity index (χ4v) is 1.78. The Morgan fingerprint density at radius 1 is 1.44 bits per heavy atom. The minimum absolute atomic E-state index is 0.217.